The fourth-order valence-electron chi connectivity index (χ4n) is 2.96. The number of nitrogens with zero attached hydrogens (tertiary/aromatic N) is 1. The summed E-state index contributed by atoms with van der Waals surface area (Å²) in [5, 5.41) is 24.2. The fraction of sp³-hybridized carbons (Fsp3) is 0.333. The van der Waals surface area contributed by atoms with Crippen LogP contribution in [0.2, 0.25) is 0 Å². The Balaban J connectivity index is 0.000000471. The van der Waals surface area contributed by atoms with E-state index in [9.17, 15) is 0 Å². The highest BCUT2D eigenvalue weighted by Crippen LogP contribution is 2.31. The first-order valence-corrected chi connectivity index (χ1v) is 9.04. The van der Waals surface area contributed by atoms with Crippen LogP contribution in [0.3, 0.4) is 0 Å². The summed E-state index contributed by atoms with van der Waals surface area (Å²) in [5.41, 5.74) is 2.71. The number of unbranched alkanes of at least 4 members (excludes halogenated alkanes) is 3. The zero-order valence-electron chi connectivity index (χ0n) is 13.8. The Morgan fingerprint density at radius 1 is 0.917 bits per heavy atom. The van der Waals surface area contributed by atoms with Crippen molar-refractivity contribution in [3.63, 3.8) is 0 Å². The predicted molar refractivity (Wildman–Crippen MR) is 104 cm³/mol. The summed E-state index contributed by atoms with van der Waals surface area (Å²) < 4.78 is 3.63. The number of rotatable bonds is 5. The molecule has 2 aromatic carbocycles. The van der Waals surface area contributed by atoms with Crippen molar-refractivity contribution in [1.82, 2.24) is 4.57 Å². The largest absolute Gasteiger partial charge is 0.631 e. The van der Waals surface area contributed by atoms with Crippen LogP contribution < -0.4 is 0 Å². The van der Waals surface area contributed by atoms with Gasteiger partial charge in [-0.1, -0.05) is 60.3 Å². The van der Waals surface area contributed by atoms with Crippen LogP contribution >= 0.6 is 15.9 Å². The monoisotopic (exact) mass is 391 g/mol. The molecule has 0 amide bonds. The molecule has 1 heterocycles. The molecule has 0 unspecified atom stereocenters. The van der Waals surface area contributed by atoms with E-state index >= 15 is 0 Å². The second kappa shape index (κ2) is 9.23. The Kier molecular flexibility index (Phi) is 7.30. The number of halogens is 1. The van der Waals surface area contributed by atoms with Crippen LogP contribution in [-0.2, 0) is 6.54 Å². The van der Waals surface area contributed by atoms with Gasteiger partial charge in [-0.05, 0) is 30.7 Å². The average Bonchev–Trinajstić information content (AvgIpc) is 2.85. The van der Waals surface area contributed by atoms with Crippen molar-refractivity contribution in [3.8, 4) is 0 Å². The molecule has 1 aromatic heterocycles. The molecule has 0 spiro atoms. The second-order valence-corrected chi connectivity index (χ2v) is 6.65. The van der Waals surface area contributed by atoms with Crippen molar-refractivity contribution < 1.29 is 15.1 Å². The van der Waals surface area contributed by atoms with Gasteiger partial charge in [0, 0.05) is 32.8 Å². The lowest BCUT2D eigenvalue weighted by Crippen LogP contribution is -2.07. The zero-order chi connectivity index (χ0) is 17.5. The fourth-order valence-corrected chi connectivity index (χ4v) is 3.32. The average molecular weight is 392 g/mol. The quantitative estimate of drug-likeness (QED) is 0.453. The highest BCUT2D eigenvalue weighted by atomic mass is 79.9. The van der Waals surface area contributed by atoms with E-state index in [1.54, 1.807) is 0 Å². The van der Waals surface area contributed by atoms with E-state index < -0.39 is 7.32 Å². The highest BCUT2D eigenvalue weighted by Gasteiger charge is 2.09. The van der Waals surface area contributed by atoms with Crippen LogP contribution in [0.15, 0.2) is 46.9 Å². The molecule has 0 atom stereocenters. The van der Waals surface area contributed by atoms with Gasteiger partial charge in [0.25, 0.3) is 0 Å². The number of hydrogen-bond donors (Lipinski definition) is 3. The van der Waals surface area contributed by atoms with Crippen molar-refractivity contribution in [3.05, 3.63) is 46.9 Å². The van der Waals surface area contributed by atoms with Crippen molar-refractivity contribution in [1.29, 1.82) is 0 Å². The van der Waals surface area contributed by atoms with Gasteiger partial charge < -0.3 is 19.6 Å². The predicted octanol–water partition coefficient (Wildman–Crippen LogP) is 4.09. The van der Waals surface area contributed by atoms with Crippen LogP contribution in [-0.4, -0.2) is 27.0 Å². The molecule has 0 radical (unpaired) electrons. The first-order chi connectivity index (χ1) is 11.5. The van der Waals surface area contributed by atoms with Crippen LogP contribution in [0.1, 0.15) is 32.6 Å². The molecule has 0 saturated heterocycles. The van der Waals surface area contributed by atoms with E-state index in [2.05, 4.69) is 69.9 Å². The van der Waals surface area contributed by atoms with E-state index in [0.29, 0.717) is 0 Å². The first kappa shape index (κ1) is 19.0. The summed E-state index contributed by atoms with van der Waals surface area (Å²) in [4.78, 5) is 0. The van der Waals surface area contributed by atoms with Gasteiger partial charge in [0.15, 0.2) is 0 Å². The van der Waals surface area contributed by atoms with Gasteiger partial charge in [-0.15, -0.1) is 0 Å². The molecule has 0 aliphatic carbocycles. The van der Waals surface area contributed by atoms with Gasteiger partial charge in [0.05, 0.1) is 0 Å². The molecule has 3 N–H and O–H groups in total. The van der Waals surface area contributed by atoms with E-state index in [4.69, 9.17) is 15.1 Å². The molecular weight excluding hydrogens is 369 g/mol. The Morgan fingerprint density at radius 2 is 1.58 bits per heavy atom. The van der Waals surface area contributed by atoms with E-state index in [-0.39, 0.29) is 0 Å². The Hall–Kier alpha value is -1.34. The maximum Gasteiger partial charge on any atom is 0.631 e. The normalized spacial score (nSPS) is 10.7. The minimum atomic E-state index is -2.17. The standard InChI is InChI=1S/C18H20BrN.BH3O3/c1-2-3-4-7-12-20-17-9-6-5-8-15(17)16-13-14(19)10-11-18(16)20;2-1(3)4/h5-6,8-11,13H,2-4,7,12H2,1H3;2-4H. The summed E-state index contributed by atoms with van der Waals surface area (Å²) in [6.45, 7) is 3.38. The summed E-state index contributed by atoms with van der Waals surface area (Å²) in [5.74, 6) is 0. The van der Waals surface area contributed by atoms with Crippen LogP contribution in [0.4, 0.5) is 0 Å². The van der Waals surface area contributed by atoms with Gasteiger partial charge in [0.1, 0.15) is 0 Å². The van der Waals surface area contributed by atoms with Crippen molar-refractivity contribution in [2.45, 2.75) is 39.2 Å². The molecule has 4 nitrogen and oxygen atoms in total. The number of aryl methyl sites for hydroxylation is 1. The van der Waals surface area contributed by atoms with Crippen LogP contribution in [0.25, 0.3) is 21.8 Å². The Labute approximate surface area is 151 Å². The van der Waals surface area contributed by atoms with Crippen molar-refractivity contribution >= 4 is 45.1 Å². The van der Waals surface area contributed by atoms with Crippen LogP contribution in [0.5, 0.6) is 0 Å². The molecule has 3 rings (SSSR count). The van der Waals surface area contributed by atoms with E-state index in [1.165, 1.54) is 47.5 Å². The molecule has 0 aliphatic rings. The molecule has 128 valence electrons. The molecular formula is C18H23BBrNO3. The van der Waals surface area contributed by atoms with E-state index in [1.807, 2.05) is 0 Å². The lowest BCUT2D eigenvalue weighted by atomic mass is 10.2. The summed E-state index contributed by atoms with van der Waals surface area (Å²) in [6.07, 6.45) is 5.21. The van der Waals surface area contributed by atoms with Gasteiger partial charge in [-0.25, -0.2) is 0 Å². The zero-order valence-corrected chi connectivity index (χ0v) is 15.4. The summed E-state index contributed by atoms with van der Waals surface area (Å²) in [6, 6.07) is 15.3. The molecule has 6 heteroatoms. The van der Waals surface area contributed by atoms with Crippen molar-refractivity contribution in [2.75, 3.05) is 0 Å². The number of fused-ring (bicyclic) bond motifs is 3. The number of benzene rings is 2. The maximum atomic E-state index is 7.17. The highest BCUT2D eigenvalue weighted by molar-refractivity contribution is 9.10. The maximum absolute atomic E-state index is 7.17. The lowest BCUT2D eigenvalue weighted by molar-refractivity contribution is 0.278. The Morgan fingerprint density at radius 3 is 2.29 bits per heavy atom. The number of aromatic nitrogens is 1. The molecule has 0 fully saturated rings. The van der Waals surface area contributed by atoms with Crippen LogP contribution in [0, 0.1) is 0 Å². The Bertz CT molecular complexity index is 786. The van der Waals surface area contributed by atoms with E-state index in [0.717, 1.165) is 11.0 Å². The van der Waals surface area contributed by atoms with Gasteiger partial charge >= 0.3 is 7.32 Å². The molecule has 24 heavy (non-hydrogen) atoms. The third kappa shape index (κ3) is 4.83. The van der Waals surface area contributed by atoms with Crippen molar-refractivity contribution in [2.24, 2.45) is 0 Å². The molecule has 0 aliphatic heterocycles. The SMILES string of the molecule is CCCCCCn1c2ccccc2c2cc(Br)ccc21.OB(O)O. The number of hydrogen-bond acceptors (Lipinski definition) is 3. The minimum Gasteiger partial charge on any atom is -0.402 e. The second-order valence-electron chi connectivity index (χ2n) is 5.74. The third-order valence-corrected chi connectivity index (χ3v) is 4.46. The topological polar surface area (TPSA) is 65.6 Å². The van der Waals surface area contributed by atoms with Gasteiger partial charge in [0.2, 0.25) is 0 Å². The third-order valence-electron chi connectivity index (χ3n) is 3.97. The lowest BCUT2D eigenvalue weighted by Gasteiger charge is -2.07. The molecule has 3 aromatic rings. The molecule has 0 bridgehead atoms. The summed E-state index contributed by atoms with van der Waals surface area (Å²) in [7, 11) is -2.17. The minimum absolute atomic E-state index is 1.12. The summed E-state index contributed by atoms with van der Waals surface area (Å²) >= 11 is 3.59. The van der Waals surface area contributed by atoms with Gasteiger partial charge in [-0.2, -0.15) is 0 Å². The smallest absolute Gasteiger partial charge is 0.402 e. The molecule has 0 saturated carbocycles. The first-order valence-electron chi connectivity index (χ1n) is 8.25. The number of para-hydroxylation sites is 1. The van der Waals surface area contributed by atoms with Gasteiger partial charge in [-0.3, -0.25) is 0 Å².